The highest BCUT2D eigenvalue weighted by Gasteiger charge is 2.11. The van der Waals surface area contributed by atoms with Crippen molar-refractivity contribution in [3.63, 3.8) is 0 Å². The van der Waals surface area contributed by atoms with Crippen LogP contribution in [-0.2, 0) is 13.2 Å². The van der Waals surface area contributed by atoms with Crippen molar-refractivity contribution in [1.82, 2.24) is 15.3 Å². The van der Waals surface area contributed by atoms with Gasteiger partial charge in [0.1, 0.15) is 23.9 Å². The van der Waals surface area contributed by atoms with E-state index < -0.39 is 0 Å². The van der Waals surface area contributed by atoms with Crippen LogP contribution in [0, 0.1) is 0 Å². The summed E-state index contributed by atoms with van der Waals surface area (Å²) < 4.78 is 17.4. The normalized spacial score (nSPS) is 10.4. The fourth-order valence-corrected chi connectivity index (χ4v) is 3.24. The average Bonchev–Trinajstić information content (AvgIpc) is 2.91. The summed E-state index contributed by atoms with van der Waals surface area (Å²) in [7, 11) is 0. The molecule has 0 aliphatic carbocycles. The van der Waals surface area contributed by atoms with Crippen LogP contribution in [0.1, 0.15) is 34.8 Å². The number of nitrogens with zero attached hydrogens (tertiary/aromatic N) is 2. The zero-order chi connectivity index (χ0) is 24.3. The van der Waals surface area contributed by atoms with E-state index in [0.717, 1.165) is 23.3 Å². The van der Waals surface area contributed by atoms with Crippen LogP contribution in [0.5, 0.6) is 23.1 Å². The topological polar surface area (TPSA) is 82.6 Å². The number of pyridine rings is 2. The molecule has 178 valence electrons. The minimum atomic E-state index is -0.218. The summed E-state index contributed by atoms with van der Waals surface area (Å²) in [5.41, 5.74) is 2.22. The molecule has 0 saturated carbocycles. The number of aromatic nitrogens is 2. The van der Waals surface area contributed by atoms with E-state index in [4.69, 9.17) is 14.2 Å². The van der Waals surface area contributed by atoms with E-state index >= 15 is 0 Å². The number of hydrogen-bond donors (Lipinski definition) is 1. The number of hydrogen-bond acceptors (Lipinski definition) is 6. The molecule has 35 heavy (non-hydrogen) atoms. The minimum Gasteiger partial charge on any atom is -0.494 e. The smallest absolute Gasteiger partial charge is 0.251 e. The highest BCUT2D eigenvalue weighted by Crippen LogP contribution is 2.25. The molecular weight excluding hydrogens is 442 g/mol. The Morgan fingerprint density at radius 3 is 2.51 bits per heavy atom. The lowest BCUT2D eigenvalue weighted by Gasteiger charge is -2.12. The molecule has 0 aliphatic heterocycles. The Morgan fingerprint density at radius 2 is 1.71 bits per heavy atom. The van der Waals surface area contributed by atoms with Gasteiger partial charge in [-0.2, -0.15) is 0 Å². The van der Waals surface area contributed by atoms with Gasteiger partial charge < -0.3 is 19.5 Å². The van der Waals surface area contributed by atoms with Gasteiger partial charge in [-0.3, -0.25) is 9.78 Å². The van der Waals surface area contributed by atoms with E-state index in [1.165, 1.54) is 0 Å². The molecule has 2 aromatic heterocycles. The van der Waals surface area contributed by atoms with Crippen LogP contribution >= 0.6 is 0 Å². The predicted molar refractivity (Wildman–Crippen MR) is 133 cm³/mol. The lowest BCUT2D eigenvalue weighted by molar-refractivity contribution is 0.0950. The zero-order valence-electron chi connectivity index (χ0n) is 19.5. The molecule has 0 radical (unpaired) electrons. The maximum absolute atomic E-state index is 12.8. The summed E-state index contributed by atoms with van der Waals surface area (Å²) in [6.45, 7) is 3.37. The summed E-state index contributed by atoms with van der Waals surface area (Å²) in [4.78, 5) is 21.2. The molecule has 4 rings (SSSR count). The van der Waals surface area contributed by atoms with Gasteiger partial charge >= 0.3 is 0 Å². The Bertz CT molecular complexity index is 1230. The molecule has 7 heteroatoms. The number of carbonyl (C=O) groups is 1. The summed E-state index contributed by atoms with van der Waals surface area (Å²) in [6.07, 6.45) is 6.07. The Labute approximate surface area is 204 Å². The van der Waals surface area contributed by atoms with E-state index in [-0.39, 0.29) is 12.5 Å². The van der Waals surface area contributed by atoms with Crippen molar-refractivity contribution >= 4 is 5.91 Å². The summed E-state index contributed by atoms with van der Waals surface area (Å²) >= 11 is 0. The molecule has 0 fully saturated rings. The Hall–Kier alpha value is -4.39. The molecule has 1 N–H and O–H groups in total. The van der Waals surface area contributed by atoms with E-state index in [1.807, 2.05) is 54.6 Å². The van der Waals surface area contributed by atoms with Crippen LogP contribution in [-0.4, -0.2) is 22.5 Å². The molecule has 0 spiro atoms. The number of ether oxygens (including phenoxy) is 3. The summed E-state index contributed by atoms with van der Waals surface area (Å²) in [6, 6.07) is 21.9. The molecule has 0 bridgehead atoms. The predicted octanol–water partition coefficient (Wildman–Crippen LogP) is 5.57. The maximum Gasteiger partial charge on any atom is 0.251 e. The molecule has 0 saturated heterocycles. The molecule has 2 heterocycles. The Balaban J connectivity index is 1.35. The van der Waals surface area contributed by atoms with Crippen LogP contribution in [0.3, 0.4) is 0 Å². The van der Waals surface area contributed by atoms with Gasteiger partial charge in [-0.15, -0.1) is 0 Å². The fourth-order valence-electron chi connectivity index (χ4n) is 3.24. The molecule has 0 aliphatic rings. The largest absolute Gasteiger partial charge is 0.494 e. The second-order valence-electron chi connectivity index (χ2n) is 7.75. The standard InChI is InChI=1S/C28H27N3O4/c1-2-16-33-24-10-12-25(13-11-24)35-28-23(8-5-15-30-28)19-31-27(32)22-7-3-9-26(17-22)34-20-21-6-4-14-29-18-21/h3-15,17-18H,2,16,19-20H2,1H3,(H,31,32). The number of rotatable bonds is 11. The van der Waals surface area contributed by atoms with E-state index in [2.05, 4.69) is 22.2 Å². The average molecular weight is 470 g/mol. The molecule has 4 aromatic rings. The third-order valence-electron chi connectivity index (χ3n) is 5.02. The third kappa shape index (κ3) is 7.04. The van der Waals surface area contributed by atoms with Crippen LogP contribution < -0.4 is 19.5 Å². The minimum absolute atomic E-state index is 0.218. The van der Waals surface area contributed by atoms with Gasteiger partial charge in [0.15, 0.2) is 0 Å². The molecule has 7 nitrogen and oxygen atoms in total. The van der Waals surface area contributed by atoms with Gasteiger partial charge in [-0.1, -0.05) is 25.1 Å². The van der Waals surface area contributed by atoms with Crippen molar-refractivity contribution in [1.29, 1.82) is 0 Å². The lowest BCUT2D eigenvalue weighted by atomic mass is 10.2. The van der Waals surface area contributed by atoms with Crippen molar-refractivity contribution in [2.24, 2.45) is 0 Å². The lowest BCUT2D eigenvalue weighted by Crippen LogP contribution is -2.23. The van der Waals surface area contributed by atoms with Crippen LogP contribution in [0.2, 0.25) is 0 Å². The molecule has 2 aromatic carbocycles. The first kappa shape index (κ1) is 23.8. The number of nitrogens with one attached hydrogen (secondary N) is 1. The van der Waals surface area contributed by atoms with Gasteiger partial charge in [0.05, 0.1) is 6.61 Å². The zero-order valence-corrected chi connectivity index (χ0v) is 19.5. The van der Waals surface area contributed by atoms with Gasteiger partial charge in [0, 0.05) is 41.8 Å². The quantitative estimate of drug-likeness (QED) is 0.309. The van der Waals surface area contributed by atoms with Crippen molar-refractivity contribution in [2.45, 2.75) is 26.5 Å². The van der Waals surface area contributed by atoms with Crippen molar-refractivity contribution in [3.05, 3.63) is 108 Å². The van der Waals surface area contributed by atoms with E-state index in [0.29, 0.717) is 36.2 Å². The fraction of sp³-hybridized carbons (Fsp3) is 0.179. The number of carbonyl (C=O) groups excluding carboxylic acids is 1. The van der Waals surface area contributed by atoms with Crippen LogP contribution in [0.4, 0.5) is 0 Å². The number of benzene rings is 2. The van der Waals surface area contributed by atoms with Gasteiger partial charge in [-0.25, -0.2) is 4.98 Å². The SMILES string of the molecule is CCCOc1ccc(Oc2ncccc2CNC(=O)c2cccc(OCc3cccnc3)c2)cc1. The van der Waals surface area contributed by atoms with Gasteiger partial charge in [0.2, 0.25) is 5.88 Å². The maximum atomic E-state index is 12.8. The van der Waals surface area contributed by atoms with Crippen molar-refractivity contribution in [3.8, 4) is 23.1 Å². The number of amides is 1. The highest BCUT2D eigenvalue weighted by atomic mass is 16.5. The Kier molecular flexibility index (Phi) is 8.27. The van der Waals surface area contributed by atoms with E-state index in [9.17, 15) is 4.79 Å². The second-order valence-corrected chi connectivity index (χ2v) is 7.75. The van der Waals surface area contributed by atoms with Crippen molar-refractivity contribution in [2.75, 3.05) is 6.61 Å². The molecule has 0 unspecified atom stereocenters. The van der Waals surface area contributed by atoms with E-state index in [1.54, 1.807) is 36.8 Å². The monoisotopic (exact) mass is 469 g/mol. The van der Waals surface area contributed by atoms with Gasteiger partial charge in [-0.05, 0) is 61.0 Å². The molecule has 0 atom stereocenters. The van der Waals surface area contributed by atoms with Gasteiger partial charge in [0.25, 0.3) is 5.91 Å². The van der Waals surface area contributed by atoms with Crippen molar-refractivity contribution < 1.29 is 19.0 Å². The van der Waals surface area contributed by atoms with Crippen LogP contribution in [0.15, 0.2) is 91.4 Å². The molecule has 1 amide bonds. The second kappa shape index (κ2) is 12.2. The Morgan fingerprint density at radius 1 is 0.886 bits per heavy atom. The first-order chi connectivity index (χ1) is 17.2. The first-order valence-electron chi connectivity index (χ1n) is 11.5. The molecular formula is C28H27N3O4. The highest BCUT2D eigenvalue weighted by molar-refractivity contribution is 5.94. The summed E-state index contributed by atoms with van der Waals surface area (Å²) in [5, 5.41) is 2.93. The van der Waals surface area contributed by atoms with Crippen LogP contribution in [0.25, 0.3) is 0 Å². The third-order valence-corrected chi connectivity index (χ3v) is 5.02. The first-order valence-corrected chi connectivity index (χ1v) is 11.5. The summed E-state index contributed by atoms with van der Waals surface area (Å²) in [5.74, 6) is 2.25.